The summed E-state index contributed by atoms with van der Waals surface area (Å²) in [5.74, 6) is 0.0669. The van der Waals surface area contributed by atoms with Gasteiger partial charge in [0.2, 0.25) is 0 Å². The lowest BCUT2D eigenvalue weighted by atomic mass is 10.2. The number of hydrogen-bond acceptors (Lipinski definition) is 2. The number of allylic oxidation sites excluding steroid dienone is 1. The number of halogens is 1. The summed E-state index contributed by atoms with van der Waals surface area (Å²) in [4.78, 5) is 0. The van der Waals surface area contributed by atoms with Crippen molar-refractivity contribution >= 4 is 11.6 Å². The van der Waals surface area contributed by atoms with E-state index in [1.807, 2.05) is 13.0 Å². The molecule has 0 aromatic carbocycles. The number of hydrogen-bond donors (Lipinski definition) is 0. The summed E-state index contributed by atoms with van der Waals surface area (Å²) in [6, 6.07) is 0. The highest BCUT2D eigenvalue weighted by Gasteiger charge is 2.35. The zero-order chi connectivity index (χ0) is 9.03. The van der Waals surface area contributed by atoms with Gasteiger partial charge >= 0.3 is 0 Å². The second kappa shape index (κ2) is 4.26. The van der Waals surface area contributed by atoms with Gasteiger partial charge in [0.05, 0.1) is 18.6 Å². The normalized spacial score (nSPS) is 35.3. The van der Waals surface area contributed by atoms with E-state index in [1.165, 1.54) is 0 Å². The summed E-state index contributed by atoms with van der Waals surface area (Å²) >= 11 is 5.64. The first kappa shape index (κ1) is 10.0. The minimum Gasteiger partial charge on any atom is -0.347 e. The minimum absolute atomic E-state index is 0.0569. The maximum Gasteiger partial charge on any atom is 0.166 e. The molecule has 0 aliphatic carbocycles. The van der Waals surface area contributed by atoms with E-state index in [-0.39, 0.29) is 6.10 Å². The highest BCUT2D eigenvalue weighted by Crippen LogP contribution is 2.28. The zero-order valence-corrected chi connectivity index (χ0v) is 8.14. The van der Waals surface area contributed by atoms with Gasteiger partial charge in [-0.15, -0.1) is 18.2 Å². The topological polar surface area (TPSA) is 18.5 Å². The molecule has 1 rings (SSSR count). The zero-order valence-electron chi connectivity index (χ0n) is 7.38. The van der Waals surface area contributed by atoms with Crippen molar-refractivity contribution in [1.82, 2.24) is 0 Å². The lowest BCUT2D eigenvalue weighted by Crippen LogP contribution is -2.26. The van der Waals surface area contributed by atoms with Crippen LogP contribution in [0.25, 0.3) is 0 Å². The van der Waals surface area contributed by atoms with E-state index in [9.17, 15) is 0 Å². The largest absolute Gasteiger partial charge is 0.347 e. The van der Waals surface area contributed by atoms with Crippen LogP contribution in [0.2, 0.25) is 0 Å². The van der Waals surface area contributed by atoms with E-state index in [0.29, 0.717) is 12.5 Å². The molecule has 0 radical (unpaired) electrons. The maximum absolute atomic E-state index is 5.64. The first-order valence-corrected chi connectivity index (χ1v) is 4.72. The summed E-state index contributed by atoms with van der Waals surface area (Å²) in [5.41, 5.74) is 0. The summed E-state index contributed by atoms with van der Waals surface area (Å²) in [7, 11) is 0. The van der Waals surface area contributed by atoms with E-state index in [4.69, 9.17) is 21.1 Å². The molecule has 0 saturated carbocycles. The third-order valence-corrected chi connectivity index (χ3v) is 2.31. The average molecular weight is 191 g/mol. The van der Waals surface area contributed by atoms with Crippen molar-refractivity contribution in [2.75, 3.05) is 12.5 Å². The van der Waals surface area contributed by atoms with Crippen LogP contribution in [0.1, 0.15) is 19.8 Å². The molecule has 3 heteroatoms. The molecule has 0 aromatic heterocycles. The van der Waals surface area contributed by atoms with Crippen LogP contribution >= 0.6 is 11.6 Å². The van der Waals surface area contributed by atoms with Crippen LogP contribution < -0.4 is 0 Å². The van der Waals surface area contributed by atoms with Gasteiger partial charge in [0, 0.05) is 6.42 Å². The predicted octanol–water partition coefficient (Wildman–Crippen LogP) is 2.32. The van der Waals surface area contributed by atoms with Crippen LogP contribution in [-0.4, -0.2) is 24.4 Å². The van der Waals surface area contributed by atoms with Crippen molar-refractivity contribution in [3.63, 3.8) is 0 Å². The Hall–Kier alpha value is -0.0500. The molecule has 1 heterocycles. The van der Waals surface area contributed by atoms with Crippen LogP contribution in [-0.2, 0) is 9.47 Å². The molecule has 0 aromatic rings. The second-order valence-corrected chi connectivity index (χ2v) is 3.47. The van der Waals surface area contributed by atoms with Gasteiger partial charge in [-0.3, -0.25) is 0 Å². The third-order valence-electron chi connectivity index (χ3n) is 1.97. The van der Waals surface area contributed by atoms with Crippen molar-refractivity contribution < 1.29 is 9.47 Å². The Labute approximate surface area is 78.5 Å². The van der Waals surface area contributed by atoms with Gasteiger partial charge in [-0.05, 0) is 13.3 Å². The molecule has 0 amide bonds. The van der Waals surface area contributed by atoms with Gasteiger partial charge in [-0.2, -0.15) is 0 Å². The molecule has 2 nitrogen and oxygen atoms in total. The molecule has 1 aliphatic rings. The highest BCUT2D eigenvalue weighted by molar-refractivity contribution is 6.18. The van der Waals surface area contributed by atoms with Gasteiger partial charge in [0.25, 0.3) is 0 Å². The SMILES string of the molecule is C=CCC[C@@]1(C)OC[C@H](CCl)O1. The second-order valence-electron chi connectivity index (χ2n) is 3.17. The summed E-state index contributed by atoms with van der Waals surface area (Å²) in [5, 5.41) is 0. The summed E-state index contributed by atoms with van der Waals surface area (Å²) < 4.78 is 11.1. The van der Waals surface area contributed by atoms with Crippen molar-refractivity contribution in [1.29, 1.82) is 0 Å². The molecular formula is C9H15ClO2. The maximum atomic E-state index is 5.64. The quantitative estimate of drug-likeness (QED) is 0.501. The Bertz CT molecular complexity index is 161. The van der Waals surface area contributed by atoms with Crippen molar-refractivity contribution in [3.8, 4) is 0 Å². The monoisotopic (exact) mass is 190 g/mol. The Morgan fingerprint density at radius 3 is 3.00 bits per heavy atom. The van der Waals surface area contributed by atoms with Gasteiger partial charge in [0.1, 0.15) is 0 Å². The Kier molecular flexibility index (Phi) is 3.56. The first-order chi connectivity index (χ1) is 5.70. The molecule has 1 aliphatic heterocycles. The summed E-state index contributed by atoms with van der Waals surface area (Å²) in [6.45, 7) is 6.21. The minimum atomic E-state index is -0.437. The average Bonchev–Trinajstić information content (AvgIpc) is 2.45. The lowest BCUT2D eigenvalue weighted by molar-refractivity contribution is -0.155. The van der Waals surface area contributed by atoms with E-state index >= 15 is 0 Å². The highest BCUT2D eigenvalue weighted by atomic mass is 35.5. The van der Waals surface area contributed by atoms with E-state index in [2.05, 4.69) is 6.58 Å². The van der Waals surface area contributed by atoms with Crippen LogP contribution in [0, 0.1) is 0 Å². The standard InChI is InChI=1S/C9H15ClO2/c1-3-4-5-9(2)11-7-8(6-10)12-9/h3,8H,1,4-7H2,2H3/t8-,9-/m0/s1. The fraction of sp³-hybridized carbons (Fsp3) is 0.778. The lowest BCUT2D eigenvalue weighted by Gasteiger charge is -2.22. The fourth-order valence-electron chi connectivity index (χ4n) is 1.26. The van der Waals surface area contributed by atoms with E-state index < -0.39 is 5.79 Å². The van der Waals surface area contributed by atoms with Crippen LogP contribution in [0.4, 0.5) is 0 Å². The fourth-order valence-corrected chi connectivity index (χ4v) is 1.41. The molecular weight excluding hydrogens is 176 g/mol. The van der Waals surface area contributed by atoms with Gasteiger partial charge in [-0.1, -0.05) is 6.08 Å². The van der Waals surface area contributed by atoms with Crippen molar-refractivity contribution in [3.05, 3.63) is 12.7 Å². The molecule has 1 saturated heterocycles. The Balaban J connectivity index is 2.35. The van der Waals surface area contributed by atoms with E-state index in [0.717, 1.165) is 12.8 Å². The molecule has 0 unspecified atom stereocenters. The van der Waals surface area contributed by atoms with Crippen LogP contribution in [0.5, 0.6) is 0 Å². The smallest absolute Gasteiger partial charge is 0.166 e. The molecule has 2 atom stereocenters. The number of ether oxygens (including phenoxy) is 2. The molecule has 0 spiro atoms. The molecule has 1 fully saturated rings. The van der Waals surface area contributed by atoms with Crippen LogP contribution in [0.3, 0.4) is 0 Å². The third kappa shape index (κ3) is 2.47. The van der Waals surface area contributed by atoms with Gasteiger partial charge in [0.15, 0.2) is 5.79 Å². The van der Waals surface area contributed by atoms with Crippen LogP contribution in [0.15, 0.2) is 12.7 Å². The molecule has 0 bridgehead atoms. The molecule has 12 heavy (non-hydrogen) atoms. The van der Waals surface area contributed by atoms with E-state index in [1.54, 1.807) is 0 Å². The van der Waals surface area contributed by atoms with Gasteiger partial charge in [-0.25, -0.2) is 0 Å². The Morgan fingerprint density at radius 2 is 2.50 bits per heavy atom. The Morgan fingerprint density at radius 1 is 1.75 bits per heavy atom. The first-order valence-electron chi connectivity index (χ1n) is 4.19. The predicted molar refractivity (Wildman–Crippen MR) is 49.4 cm³/mol. The number of rotatable bonds is 4. The van der Waals surface area contributed by atoms with Gasteiger partial charge < -0.3 is 9.47 Å². The van der Waals surface area contributed by atoms with Crippen molar-refractivity contribution in [2.24, 2.45) is 0 Å². The summed E-state index contributed by atoms with van der Waals surface area (Å²) in [6.07, 6.45) is 3.68. The van der Waals surface area contributed by atoms with Crippen molar-refractivity contribution in [2.45, 2.75) is 31.7 Å². The number of alkyl halides is 1. The molecule has 70 valence electrons. The molecule has 0 N–H and O–H groups in total.